The zero-order valence-electron chi connectivity index (χ0n) is 10.4. The second-order valence-corrected chi connectivity index (χ2v) is 4.21. The van der Waals surface area contributed by atoms with Gasteiger partial charge in [0, 0.05) is 18.0 Å². The van der Waals surface area contributed by atoms with Crippen LogP contribution in [0.5, 0.6) is 0 Å². The number of alkyl halides is 3. The van der Waals surface area contributed by atoms with Gasteiger partial charge in [-0.3, -0.25) is 4.98 Å². The fourth-order valence-electron chi connectivity index (χ4n) is 2.15. The van der Waals surface area contributed by atoms with E-state index in [1.807, 2.05) is 0 Å². The lowest BCUT2D eigenvalue weighted by Gasteiger charge is -2.31. The normalized spacial score (nSPS) is 22.2. The van der Waals surface area contributed by atoms with Crippen LogP contribution in [-0.2, 0) is 15.7 Å². The lowest BCUT2D eigenvalue weighted by Crippen LogP contribution is -2.40. The van der Waals surface area contributed by atoms with Gasteiger partial charge in [-0.25, -0.2) is 0 Å². The molecule has 0 bridgehead atoms. The second-order valence-electron chi connectivity index (χ2n) is 4.21. The smallest absolute Gasteiger partial charge is 0.376 e. The number of hydrogen-bond donors (Lipinski definition) is 1. The number of aromatic nitrogens is 1. The Morgan fingerprint density at radius 3 is 2.79 bits per heavy atom. The van der Waals surface area contributed by atoms with Crippen LogP contribution in [0, 0.1) is 0 Å². The van der Waals surface area contributed by atoms with E-state index in [0.717, 1.165) is 12.3 Å². The van der Waals surface area contributed by atoms with Gasteiger partial charge in [-0.2, -0.15) is 13.2 Å². The molecule has 0 saturated carbocycles. The summed E-state index contributed by atoms with van der Waals surface area (Å²) in [4.78, 5) is 3.79. The number of rotatable bonds is 3. The lowest BCUT2D eigenvalue weighted by atomic mass is 9.98. The van der Waals surface area contributed by atoms with Crippen LogP contribution in [0.3, 0.4) is 0 Å². The van der Waals surface area contributed by atoms with Crippen molar-refractivity contribution in [1.29, 1.82) is 0 Å². The summed E-state index contributed by atoms with van der Waals surface area (Å²) in [7, 11) is 1.59. The summed E-state index contributed by atoms with van der Waals surface area (Å²) >= 11 is 0. The lowest BCUT2D eigenvalue weighted by molar-refractivity contribution is -0.140. The highest BCUT2D eigenvalue weighted by molar-refractivity contribution is 5.30. The maximum absolute atomic E-state index is 13.0. The molecule has 1 saturated heterocycles. The third-order valence-electron chi connectivity index (χ3n) is 3.02. The molecule has 2 unspecified atom stereocenters. The van der Waals surface area contributed by atoms with E-state index in [-0.39, 0.29) is 12.2 Å². The van der Waals surface area contributed by atoms with Crippen LogP contribution in [0.1, 0.15) is 17.2 Å². The molecule has 19 heavy (non-hydrogen) atoms. The van der Waals surface area contributed by atoms with Gasteiger partial charge in [0.2, 0.25) is 0 Å². The van der Waals surface area contributed by atoms with Crippen molar-refractivity contribution in [2.75, 3.05) is 26.9 Å². The van der Waals surface area contributed by atoms with Gasteiger partial charge in [0.25, 0.3) is 0 Å². The molecule has 2 atom stereocenters. The Balaban J connectivity index is 2.32. The second kappa shape index (κ2) is 5.85. The first-order valence-electron chi connectivity index (χ1n) is 5.91. The predicted molar refractivity (Wildman–Crippen MR) is 61.6 cm³/mol. The summed E-state index contributed by atoms with van der Waals surface area (Å²) in [5, 5.41) is 2.86. The average Bonchev–Trinajstić information content (AvgIpc) is 2.40. The van der Waals surface area contributed by atoms with E-state index in [2.05, 4.69) is 10.3 Å². The first-order valence-corrected chi connectivity index (χ1v) is 5.91. The summed E-state index contributed by atoms with van der Waals surface area (Å²) in [6.45, 7) is 1.11. The molecule has 0 spiro atoms. The van der Waals surface area contributed by atoms with Gasteiger partial charge in [0.1, 0.15) is 6.10 Å². The number of halogens is 3. The van der Waals surface area contributed by atoms with Crippen molar-refractivity contribution in [3.05, 3.63) is 29.6 Å². The molecule has 2 heterocycles. The zero-order chi connectivity index (χ0) is 13.9. The quantitative estimate of drug-likeness (QED) is 0.914. The molecule has 106 valence electrons. The van der Waals surface area contributed by atoms with E-state index in [0.29, 0.717) is 13.2 Å². The molecule has 0 radical (unpaired) electrons. The number of ether oxygens (including phenoxy) is 2. The van der Waals surface area contributed by atoms with Crippen molar-refractivity contribution in [2.45, 2.75) is 18.3 Å². The molecule has 2 rings (SSSR count). The Hall–Kier alpha value is -1.18. The molecule has 7 heteroatoms. The number of pyridine rings is 1. The molecule has 1 aliphatic heterocycles. The largest absolute Gasteiger partial charge is 0.416 e. The maximum Gasteiger partial charge on any atom is 0.416 e. The van der Waals surface area contributed by atoms with Gasteiger partial charge < -0.3 is 14.8 Å². The van der Waals surface area contributed by atoms with Crippen LogP contribution in [0.4, 0.5) is 13.2 Å². The van der Waals surface area contributed by atoms with Gasteiger partial charge in [-0.1, -0.05) is 0 Å². The SMILES string of the molecule is CNC(c1cnccc1C(F)(F)F)C1COCCO1. The average molecular weight is 276 g/mol. The monoisotopic (exact) mass is 276 g/mol. The molecule has 1 aliphatic rings. The standard InChI is InChI=1S/C12H15F3N2O2/c1-16-11(10-7-18-4-5-19-10)8-6-17-3-2-9(8)12(13,14)15/h2-3,6,10-11,16H,4-5,7H2,1H3. The summed E-state index contributed by atoms with van der Waals surface area (Å²) in [6, 6.07) is 0.370. The summed E-state index contributed by atoms with van der Waals surface area (Å²) in [5.74, 6) is 0. The van der Waals surface area contributed by atoms with Crippen molar-refractivity contribution in [3.63, 3.8) is 0 Å². The molecular formula is C12H15F3N2O2. The van der Waals surface area contributed by atoms with Crippen molar-refractivity contribution in [1.82, 2.24) is 10.3 Å². The first kappa shape index (κ1) is 14.2. The highest BCUT2D eigenvalue weighted by atomic mass is 19.4. The van der Waals surface area contributed by atoms with E-state index < -0.39 is 23.9 Å². The van der Waals surface area contributed by atoms with Crippen molar-refractivity contribution < 1.29 is 22.6 Å². The molecule has 4 nitrogen and oxygen atoms in total. The van der Waals surface area contributed by atoms with E-state index in [1.54, 1.807) is 7.05 Å². The van der Waals surface area contributed by atoms with E-state index in [4.69, 9.17) is 9.47 Å². The Morgan fingerprint density at radius 1 is 1.42 bits per heavy atom. The molecule has 0 amide bonds. The molecular weight excluding hydrogens is 261 g/mol. The number of nitrogens with zero attached hydrogens (tertiary/aromatic N) is 1. The van der Waals surface area contributed by atoms with E-state index >= 15 is 0 Å². The third-order valence-corrected chi connectivity index (χ3v) is 3.02. The predicted octanol–water partition coefficient (Wildman–Crippen LogP) is 1.78. The van der Waals surface area contributed by atoms with Crippen molar-refractivity contribution in [2.24, 2.45) is 0 Å². The molecule has 0 aromatic carbocycles. The van der Waals surface area contributed by atoms with Crippen molar-refractivity contribution >= 4 is 0 Å². The highest BCUT2D eigenvalue weighted by Crippen LogP contribution is 2.35. The minimum absolute atomic E-state index is 0.0769. The summed E-state index contributed by atoms with van der Waals surface area (Å²) < 4.78 is 49.7. The molecule has 1 aromatic heterocycles. The number of hydrogen-bond acceptors (Lipinski definition) is 4. The van der Waals surface area contributed by atoms with E-state index in [1.165, 1.54) is 6.20 Å². The minimum atomic E-state index is -4.41. The van der Waals surface area contributed by atoms with Crippen LogP contribution in [0.2, 0.25) is 0 Å². The number of likely N-dealkylation sites (N-methyl/N-ethyl adjacent to an activating group) is 1. The minimum Gasteiger partial charge on any atom is -0.376 e. The van der Waals surface area contributed by atoms with Crippen LogP contribution < -0.4 is 5.32 Å². The van der Waals surface area contributed by atoms with Crippen molar-refractivity contribution in [3.8, 4) is 0 Å². The Morgan fingerprint density at radius 2 is 2.21 bits per heavy atom. The van der Waals surface area contributed by atoms with Gasteiger partial charge in [-0.05, 0) is 13.1 Å². The van der Waals surface area contributed by atoms with Crippen LogP contribution in [-0.4, -0.2) is 38.0 Å². The van der Waals surface area contributed by atoms with Crippen LogP contribution in [0.25, 0.3) is 0 Å². The Labute approximate surface area is 108 Å². The van der Waals surface area contributed by atoms with Crippen LogP contribution in [0.15, 0.2) is 18.5 Å². The fourth-order valence-corrected chi connectivity index (χ4v) is 2.15. The highest BCUT2D eigenvalue weighted by Gasteiger charge is 2.37. The zero-order valence-corrected chi connectivity index (χ0v) is 10.4. The topological polar surface area (TPSA) is 43.4 Å². The third kappa shape index (κ3) is 3.23. The molecule has 1 fully saturated rings. The molecule has 1 N–H and O–H groups in total. The number of nitrogens with one attached hydrogen (secondary N) is 1. The first-order chi connectivity index (χ1) is 9.04. The van der Waals surface area contributed by atoms with Gasteiger partial charge in [-0.15, -0.1) is 0 Å². The summed E-state index contributed by atoms with van der Waals surface area (Å²) in [6.07, 6.45) is -2.51. The fraction of sp³-hybridized carbons (Fsp3) is 0.583. The van der Waals surface area contributed by atoms with Crippen LogP contribution >= 0.6 is 0 Å². The molecule has 0 aliphatic carbocycles. The van der Waals surface area contributed by atoms with Gasteiger partial charge in [0.05, 0.1) is 31.4 Å². The molecule has 1 aromatic rings. The Bertz CT molecular complexity index is 420. The maximum atomic E-state index is 13.0. The van der Waals surface area contributed by atoms with E-state index in [9.17, 15) is 13.2 Å². The van der Waals surface area contributed by atoms with Gasteiger partial charge in [0.15, 0.2) is 0 Å². The Kier molecular flexibility index (Phi) is 4.38. The summed E-state index contributed by atoms with van der Waals surface area (Å²) in [5.41, 5.74) is -0.621. The van der Waals surface area contributed by atoms with Gasteiger partial charge >= 0.3 is 6.18 Å².